The standard InChI is InChI=1S/C6H4N2O2/c1-10-6(9)5(4-8)2-3-7/h2H,1H3. The van der Waals surface area contributed by atoms with Crippen LogP contribution in [0.25, 0.3) is 0 Å². The van der Waals surface area contributed by atoms with Gasteiger partial charge < -0.3 is 4.74 Å². The highest BCUT2D eigenvalue weighted by Gasteiger charge is 2.06. The van der Waals surface area contributed by atoms with E-state index in [1.54, 1.807) is 6.07 Å². The van der Waals surface area contributed by atoms with Crippen molar-refractivity contribution in [2.45, 2.75) is 0 Å². The summed E-state index contributed by atoms with van der Waals surface area (Å²) < 4.78 is 4.17. The Bertz CT molecular complexity index is 241. The number of esters is 1. The highest BCUT2D eigenvalue weighted by atomic mass is 16.5. The fourth-order valence-corrected chi connectivity index (χ4v) is 0.311. The molecule has 0 saturated carbocycles. The number of methoxy groups -OCH3 is 1. The van der Waals surface area contributed by atoms with E-state index in [4.69, 9.17) is 10.5 Å². The monoisotopic (exact) mass is 136 g/mol. The third kappa shape index (κ3) is 1.97. The van der Waals surface area contributed by atoms with Gasteiger partial charge in [0.05, 0.1) is 13.2 Å². The molecule has 0 aromatic rings. The number of hydrogen-bond acceptors (Lipinski definition) is 4. The largest absolute Gasteiger partial charge is 0.465 e. The predicted octanol–water partition coefficient (Wildman–Crippen LogP) is 0.133. The molecule has 0 aliphatic heterocycles. The molecule has 0 N–H and O–H groups in total. The number of carbonyl (C=O) groups excluding carboxylic acids is 1. The average molecular weight is 136 g/mol. The van der Waals surface area contributed by atoms with Gasteiger partial charge >= 0.3 is 5.97 Å². The van der Waals surface area contributed by atoms with E-state index >= 15 is 0 Å². The summed E-state index contributed by atoms with van der Waals surface area (Å²) in [7, 11) is 1.14. The Kier molecular flexibility index (Phi) is 3.36. The second kappa shape index (κ2) is 4.11. The molecule has 0 rings (SSSR count). The molecule has 0 aromatic heterocycles. The van der Waals surface area contributed by atoms with Crippen molar-refractivity contribution in [3.63, 3.8) is 0 Å². The summed E-state index contributed by atoms with van der Waals surface area (Å²) in [6.45, 7) is 0. The maximum absolute atomic E-state index is 10.5. The first-order chi connectivity index (χ1) is 4.76. The molecule has 0 amide bonds. The van der Waals surface area contributed by atoms with Crippen LogP contribution in [0.3, 0.4) is 0 Å². The highest BCUT2D eigenvalue weighted by molar-refractivity contribution is 5.93. The fraction of sp³-hybridized carbons (Fsp3) is 0.167. The van der Waals surface area contributed by atoms with Gasteiger partial charge in [0.25, 0.3) is 0 Å². The van der Waals surface area contributed by atoms with Gasteiger partial charge in [0.1, 0.15) is 11.6 Å². The van der Waals surface area contributed by atoms with Gasteiger partial charge in [-0.05, 0) is 0 Å². The lowest BCUT2D eigenvalue weighted by atomic mass is 10.3. The number of nitriles is 2. The van der Waals surface area contributed by atoms with Gasteiger partial charge in [-0.1, -0.05) is 0 Å². The van der Waals surface area contributed by atoms with E-state index in [0.29, 0.717) is 0 Å². The molecule has 0 bridgehead atoms. The van der Waals surface area contributed by atoms with Crippen molar-refractivity contribution >= 4 is 5.97 Å². The Hall–Kier alpha value is -1.81. The Morgan fingerprint density at radius 1 is 1.60 bits per heavy atom. The SMILES string of the molecule is COC(=O)C(C#N)=CC#N. The molecule has 0 radical (unpaired) electrons. The second-order valence-corrected chi connectivity index (χ2v) is 1.29. The summed E-state index contributed by atoms with van der Waals surface area (Å²) in [6, 6.07) is 3.07. The van der Waals surface area contributed by atoms with E-state index in [1.165, 1.54) is 6.07 Å². The summed E-state index contributed by atoms with van der Waals surface area (Å²) in [4.78, 5) is 10.5. The molecule has 0 aromatic carbocycles. The zero-order valence-corrected chi connectivity index (χ0v) is 5.29. The zero-order chi connectivity index (χ0) is 7.98. The molecule has 0 aliphatic carbocycles. The Balaban J connectivity index is 4.45. The van der Waals surface area contributed by atoms with Crippen LogP contribution in [0, 0.1) is 22.7 Å². The molecular weight excluding hydrogens is 132 g/mol. The lowest BCUT2D eigenvalue weighted by Crippen LogP contribution is -2.02. The van der Waals surface area contributed by atoms with Gasteiger partial charge in [-0.15, -0.1) is 0 Å². The van der Waals surface area contributed by atoms with Crippen LogP contribution in [0.2, 0.25) is 0 Å². The van der Waals surface area contributed by atoms with Crippen molar-refractivity contribution in [3.8, 4) is 12.1 Å². The minimum atomic E-state index is -0.788. The molecule has 0 unspecified atom stereocenters. The molecule has 10 heavy (non-hydrogen) atoms. The van der Waals surface area contributed by atoms with Crippen molar-refractivity contribution in [2.75, 3.05) is 7.11 Å². The molecule has 0 aliphatic rings. The summed E-state index contributed by atoms with van der Waals surface area (Å²) >= 11 is 0. The molecule has 0 atom stereocenters. The van der Waals surface area contributed by atoms with Crippen LogP contribution < -0.4 is 0 Å². The Labute approximate surface area is 57.9 Å². The van der Waals surface area contributed by atoms with Gasteiger partial charge in [-0.25, -0.2) is 4.79 Å². The van der Waals surface area contributed by atoms with Crippen molar-refractivity contribution in [1.82, 2.24) is 0 Å². The molecule has 0 spiro atoms. The van der Waals surface area contributed by atoms with Crippen molar-refractivity contribution in [3.05, 3.63) is 11.6 Å². The normalized spacial score (nSPS) is 9.30. The van der Waals surface area contributed by atoms with Gasteiger partial charge in [0.15, 0.2) is 0 Å². The van der Waals surface area contributed by atoms with Crippen LogP contribution in [-0.2, 0) is 9.53 Å². The topological polar surface area (TPSA) is 73.9 Å². The van der Waals surface area contributed by atoms with Crippen LogP contribution in [0.15, 0.2) is 11.6 Å². The van der Waals surface area contributed by atoms with E-state index < -0.39 is 5.97 Å². The van der Waals surface area contributed by atoms with Crippen molar-refractivity contribution < 1.29 is 9.53 Å². The first-order valence-corrected chi connectivity index (χ1v) is 2.34. The number of allylic oxidation sites excluding steroid dienone is 1. The summed E-state index contributed by atoms with van der Waals surface area (Å²) in [6.07, 6.45) is 0.839. The number of hydrogen-bond donors (Lipinski definition) is 0. The van der Waals surface area contributed by atoms with Crippen LogP contribution >= 0.6 is 0 Å². The Morgan fingerprint density at radius 2 is 2.20 bits per heavy atom. The average Bonchev–Trinajstić information content (AvgIpc) is 1.99. The molecule has 4 nitrogen and oxygen atoms in total. The third-order valence-electron chi connectivity index (χ3n) is 0.735. The summed E-state index contributed by atoms with van der Waals surface area (Å²) in [5.41, 5.74) is -0.287. The molecule has 0 heterocycles. The van der Waals surface area contributed by atoms with E-state index in [-0.39, 0.29) is 5.57 Å². The highest BCUT2D eigenvalue weighted by Crippen LogP contribution is 1.92. The second-order valence-electron chi connectivity index (χ2n) is 1.29. The third-order valence-corrected chi connectivity index (χ3v) is 0.735. The Morgan fingerprint density at radius 3 is 2.50 bits per heavy atom. The van der Waals surface area contributed by atoms with E-state index in [1.807, 2.05) is 0 Å². The van der Waals surface area contributed by atoms with Crippen LogP contribution in [0.4, 0.5) is 0 Å². The maximum atomic E-state index is 10.5. The summed E-state index contributed by atoms with van der Waals surface area (Å²) in [5, 5.41) is 16.2. The first kappa shape index (κ1) is 8.19. The lowest BCUT2D eigenvalue weighted by Gasteiger charge is -1.90. The molecule has 50 valence electrons. The molecule has 4 heteroatoms. The maximum Gasteiger partial charge on any atom is 0.349 e. The fourth-order valence-electron chi connectivity index (χ4n) is 0.311. The van der Waals surface area contributed by atoms with E-state index in [9.17, 15) is 4.79 Å². The van der Waals surface area contributed by atoms with E-state index in [2.05, 4.69) is 4.74 Å². The molecule has 0 fully saturated rings. The van der Waals surface area contributed by atoms with Crippen LogP contribution in [0.5, 0.6) is 0 Å². The van der Waals surface area contributed by atoms with Crippen LogP contribution in [-0.4, -0.2) is 13.1 Å². The number of carbonyl (C=O) groups is 1. The lowest BCUT2D eigenvalue weighted by molar-refractivity contribution is -0.135. The smallest absolute Gasteiger partial charge is 0.349 e. The number of ether oxygens (including phenoxy) is 1. The zero-order valence-electron chi connectivity index (χ0n) is 5.29. The van der Waals surface area contributed by atoms with Crippen molar-refractivity contribution in [2.24, 2.45) is 0 Å². The predicted molar refractivity (Wildman–Crippen MR) is 31.3 cm³/mol. The minimum Gasteiger partial charge on any atom is -0.465 e. The molecular formula is C6H4N2O2. The summed E-state index contributed by atoms with van der Waals surface area (Å²) in [5.74, 6) is -0.788. The van der Waals surface area contributed by atoms with Gasteiger partial charge in [0, 0.05) is 6.08 Å². The van der Waals surface area contributed by atoms with Gasteiger partial charge in [0.2, 0.25) is 0 Å². The molecule has 0 saturated heterocycles. The van der Waals surface area contributed by atoms with E-state index in [0.717, 1.165) is 13.2 Å². The van der Waals surface area contributed by atoms with Gasteiger partial charge in [-0.2, -0.15) is 10.5 Å². The first-order valence-electron chi connectivity index (χ1n) is 2.34. The number of rotatable bonds is 1. The minimum absolute atomic E-state index is 0.287. The van der Waals surface area contributed by atoms with Crippen molar-refractivity contribution in [1.29, 1.82) is 10.5 Å². The van der Waals surface area contributed by atoms with Gasteiger partial charge in [-0.3, -0.25) is 0 Å². The number of nitrogens with zero attached hydrogens (tertiary/aromatic N) is 2. The quantitative estimate of drug-likeness (QED) is 0.292. The van der Waals surface area contributed by atoms with Crippen LogP contribution in [0.1, 0.15) is 0 Å².